The Kier molecular flexibility index (Phi) is 12.0. The van der Waals surface area contributed by atoms with Crippen LogP contribution in [0.15, 0.2) is 55.0 Å². The highest BCUT2D eigenvalue weighted by atomic mass is 35.5. The highest BCUT2D eigenvalue weighted by Crippen LogP contribution is 2.32. The minimum absolute atomic E-state index is 0.137. The highest BCUT2D eigenvalue weighted by molar-refractivity contribution is 6.30. The molecule has 1 aliphatic rings. The van der Waals surface area contributed by atoms with E-state index in [2.05, 4.69) is 41.2 Å². The lowest BCUT2D eigenvalue weighted by molar-refractivity contribution is -0.192. The maximum atomic E-state index is 13.1. The number of aromatic amines is 1. The fourth-order valence-corrected chi connectivity index (χ4v) is 4.72. The Labute approximate surface area is 285 Å². The first kappa shape index (κ1) is 36.7. The number of carbonyl (C=O) groups excluding carboxylic acids is 4. The van der Waals surface area contributed by atoms with E-state index in [4.69, 9.17) is 26.5 Å². The number of ether oxygens (including phenoxy) is 1. The van der Waals surface area contributed by atoms with Crippen LogP contribution >= 0.6 is 11.6 Å². The Bertz CT molecular complexity index is 1910. The second-order valence-electron chi connectivity index (χ2n) is 10.4. The Hall–Kier alpha value is -6.11. The van der Waals surface area contributed by atoms with Gasteiger partial charge < -0.3 is 25.5 Å². The molecule has 16 nitrogen and oxygen atoms in total. The predicted octanol–water partition coefficient (Wildman–Crippen LogP) is 4.47. The fraction of sp³-hybridized carbons (Fsp3) is 0.233. The van der Waals surface area contributed by atoms with Crippen LogP contribution in [0.5, 0.6) is 0 Å². The molecule has 2 aromatic heterocycles. The number of tetrazole rings is 1. The van der Waals surface area contributed by atoms with Crippen LogP contribution in [0.1, 0.15) is 43.1 Å². The maximum absolute atomic E-state index is 13.1. The highest BCUT2D eigenvalue weighted by Gasteiger charge is 2.38. The zero-order valence-electron chi connectivity index (χ0n) is 25.8. The number of anilines is 2. The number of amides is 3. The minimum atomic E-state index is -5.08. The number of Topliss-reactive ketones (excluding diaryl/α,β-unsaturated/α-hetero) is 1. The topological polar surface area (TPSA) is 223 Å². The molecular weight excluding hydrogens is 691 g/mol. The number of aliphatic carboxylic acids is 1. The average molecular weight is 718 g/mol. The summed E-state index contributed by atoms with van der Waals surface area (Å²) in [5.41, 5.74) is 2.98. The molecule has 262 valence electrons. The lowest BCUT2D eigenvalue weighted by atomic mass is 10.0. The molecular formula is C30H27ClF3N9O7. The molecule has 2 bridgehead atoms. The van der Waals surface area contributed by atoms with E-state index in [1.165, 1.54) is 24.2 Å². The Morgan fingerprint density at radius 2 is 1.92 bits per heavy atom. The molecule has 3 heterocycles. The summed E-state index contributed by atoms with van der Waals surface area (Å²) >= 11 is 6.18. The summed E-state index contributed by atoms with van der Waals surface area (Å²) in [6.45, 7) is 0. The molecule has 1 aliphatic heterocycles. The number of halogens is 4. The molecule has 1 atom stereocenters. The zero-order chi connectivity index (χ0) is 36.4. The molecule has 0 unspecified atom stereocenters. The number of nitrogens with one attached hydrogen (secondary N) is 4. The molecule has 5 N–H and O–H groups in total. The summed E-state index contributed by atoms with van der Waals surface area (Å²) < 4.78 is 37.8. The first-order chi connectivity index (χ1) is 23.7. The van der Waals surface area contributed by atoms with Gasteiger partial charge in [-0.1, -0.05) is 11.6 Å². The van der Waals surface area contributed by atoms with Gasteiger partial charge in [0.2, 0.25) is 11.8 Å². The van der Waals surface area contributed by atoms with Crippen LogP contribution in [-0.2, 0) is 23.9 Å². The van der Waals surface area contributed by atoms with Crippen molar-refractivity contribution in [1.29, 1.82) is 0 Å². The van der Waals surface area contributed by atoms with Crippen molar-refractivity contribution >= 4 is 58.7 Å². The van der Waals surface area contributed by atoms with Gasteiger partial charge in [0.15, 0.2) is 0 Å². The van der Waals surface area contributed by atoms with Crippen LogP contribution in [0.4, 0.5) is 29.3 Å². The molecule has 0 fully saturated rings. The normalized spacial score (nSPS) is 14.9. The number of carboxylic acids is 1. The summed E-state index contributed by atoms with van der Waals surface area (Å²) in [6.07, 6.45) is 0.913. The van der Waals surface area contributed by atoms with Crippen molar-refractivity contribution in [2.75, 3.05) is 17.7 Å². The molecule has 0 saturated heterocycles. The number of aromatic nitrogens is 6. The second-order valence-corrected chi connectivity index (χ2v) is 10.8. The number of imidazole rings is 1. The third-order valence-electron chi connectivity index (χ3n) is 6.79. The number of methoxy groups -OCH3 is 1. The fourth-order valence-electron chi connectivity index (χ4n) is 4.54. The van der Waals surface area contributed by atoms with Gasteiger partial charge in [-0.05, 0) is 65.7 Å². The summed E-state index contributed by atoms with van der Waals surface area (Å²) in [6, 6.07) is 9.39. The van der Waals surface area contributed by atoms with Gasteiger partial charge in [0, 0.05) is 40.5 Å². The zero-order valence-corrected chi connectivity index (χ0v) is 26.6. The van der Waals surface area contributed by atoms with Crippen molar-refractivity contribution in [3.63, 3.8) is 0 Å². The number of H-pyrrole nitrogens is 1. The summed E-state index contributed by atoms with van der Waals surface area (Å²) in [5.74, 6) is -3.44. The number of nitrogens with zero attached hydrogens (tertiary/aromatic N) is 5. The molecule has 5 rings (SSSR count). The van der Waals surface area contributed by atoms with Gasteiger partial charge >= 0.3 is 18.2 Å². The van der Waals surface area contributed by atoms with Crippen molar-refractivity contribution in [2.45, 2.75) is 37.9 Å². The number of rotatable bonds is 5. The van der Waals surface area contributed by atoms with Gasteiger partial charge in [0.25, 0.3) is 0 Å². The summed E-state index contributed by atoms with van der Waals surface area (Å²) in [4.78, 5) is 66.7. The average Bonchev–Trinajstić information content (AvgIpc) is 3.76. The SMILES string of the molecule is COC(=O)Nc1ccc2c(c1)NC(=O)CC(=O)CCC[C@H](NC(=O)/C=C/c1cc(Cl)ccc1-n1cnnn1)c1nc-2c[nH]1.O=C(O)C(F)(F)F. The van der Waals surface area contributed by atoms with Gasteiger partial charge in [0.05, 0.1) is 36.6 Å². The van der Waals surface area contributed by atoms with Crippen LogP contribution in [0.25, 0.3) is 23.0 Å². The predicted molar refractivity (Wildman–Crippen MR) is 170 cm³/mol. The van der Waals surface area contributed by atoms with Crippen LogP contribution in [0, 0.1) is 0 Å². The molecule has 20 heteroatoms. The van der Waals surface area contributed by atoms with Crippen molar-refractivity contribution in [1.82, 2.24) is 35.5 Å². The van der Waals surface area contributed by atoms with E-state index in [-0.39, 0.29) is 18.6 Å². The largest absolute Gasteiger partial charge is 0.490 e. The number of hydrogen-bond acceptors (Lipinski definition) is 10. The summed E-state index contributed by atoms with van der Waals surface area (Å²) in [7, 11) is 1.24. The second kappa shape index (κ2) is 16.3. The molecule has 0 radical (unpaired) electrons. The molecule has 0 aliphatic carbocycles. The summed E-state index contributed by atoms with van der Waals surface area (Å²) in [5, 5.41) is 27.0. The van der Waals surface area contributed by atoms with Crippen LogP contribution in [0.2, 0.25) is 5.02 Å². The standard InChI is InChI=1S/C28H26ClN9O5.C2HF3O2/c1-43-28(42)32-18-7-8-20-22(12-18)34-26(41)13-19(39)3-2-4-21(27-30-14-23(20)35-27)33-25(40)10-5-16-11-17(29)6-9-24(16)38-15-31-36-37-38;3-2(4,5)1(6)7/h5-12,14-15,21H,2-4,13H2,1H3,(H,30,35)(H,32,42)(H,33,40)(H,34,41);(H,6,7)/b10-5+;/t21-;/m0./s1. The smallest absolute Gasteiger partial charge is 0.475 e. The monoisotopic (exact) mass is 717 g/mol. The number of carboxylic acid groups (broad SMARTS) is 1. The van der Waals surface area contributed by atoms with Gasteiger partial charge in [0.1, 0.15) is 17.9 Å². The van der Waals surface area contributed by atoms with E-state index in [0.717, 1.165) is 0 Å². The number of ketones is 1. The molecule has 0 saturated carbocycles. The number of benzene rings is 2. The molecule has 2 aromatic carbocycles. The van der Waals surface area contributed by atoms with Crippen molar-refractivity contribution in [3.05, 3.63) is 71.4 Å². The molecule has 4 aromatic rings. The van der Waals surface area contributed by atoms with E-state index in [0.29, 0.717) is 57.6 Å². The molecule has 50 heavy (non-hydrogen) atoms. The lowest BCUT2D eigenvalue weighted by Gasteiger charge is -2.15. The van der Waals surface area contributed by atoms with E-state index in [9.17, 15) is 32.3 Å². The Morgan fingerprint density at radius 3 is 2.60 bits per heavy atom. The van der Waals surface area contributed by atoms with E-state index in [1.807, 2.05) is 0 Å². The number of fused-ring (bicyclic) bond motifs is 4. The van der Waals surface area contributed by atoms with Crippen molar-refractivity contribution in [2.24, 2.45) is 0 Å². The number of carbonyl (C=O) groups is 5. The van der Waals surface area contributed by atoms with Gasteiger partial charge in [-0.25, -0.2) is 14.6 Å². The van der Waals surface area contributed by atoms with Crippen LogP contribution in [-0.4, -0.2) is 78.2 Å². The van der Waals surface area contributed by atoms with Gasteiger partial charge in [-0.3, -0.25) is 19.7 Å². The first-order valence-corrected chi connectivity index (χ1v) is 14.8. The van der Waals surface area contributed by atoms with E-state index >= 15 is 0 Å². The quantitative estimate of drug-likeness (QED) is 0.143. The Morgan fingerprint density at radius 1 is 1.16 bits per heavy atom. The number of alkyl halides is 3. The lowest BCUT2D eigenvalue weighted by Crippen LogP contribution is -2.28. The third-order valence-corrected chi connectivity index (χ3v) is 7.03. The van der Waals surface area contributed by atoms with Crippen LogP contribution in [0.3, 0.4) is 0 Å². The van der Waals surface area contributed by atoms with E-state index in [1.54, 1.807) is 48.7 Å². The van der Waals surface area contributed by atoms with Gasteiger partial charge in [-0.2, -0.15) is 17.9 Å². The molecule has 0 spiro atoms. The molecule has 3 amide bonds. The Balaban J connectivity index is 0.000000727. The third kappa shape index (κ3) is 10.2. The first-order valence-electron chi connectivity index (χ1n) is 14.4. The van der Waals surface area contributed by atoms with Crippen molar-refractivity contribution in [3.8, 4) is 16.9 Å². The van der Waals surface area contributed by atoms with E-state index < -0.39 is 36.1 Å². The van der Waals surface area contributed by atoms with Gasteiger partial charge in [-0.15, -0.1) is 5.10 Å². The maximum Gasteiger partial charge on any atom is 0.490 e. The minimum Gasteiger partial charge on any atom is -0.475 e. The number of hydrogen-bond donors (Lipinski definition) is 5. The van der Waals surface area contributed by atoms with Crippen LogP contribution < -0.4 is 16.0 Å². The van der Waals surface area contributed by atoms with Crippen molar-refractivity contribution < 1.29 is 47.0 Å².